The van der Waals surface area contributed by atoms with Gasteiger partial charge >= 0.3 is 6.18 Å². The van der Waals surface area contributed by atoms with Crippen molar-refractivity contribution < 1.29 is 26.4 Å². The van der Waals surface area contributed by atoms with E-state index in [0.29, 0.717) is 5.56 Å². The van der Waals surface area contributed by atoms with Gasteiger partial charge in [-0.15, -0.1) is 0 Å². The van der Waals surface area contributed by atoms with Crippen LogP contribution >= 0.6 is 0 Å². The van der Waals surface area contributed by atoms with Gasteiger partial charge in [-0.25, -0.2) is 13.1 Å². The van der Waals surface area contributed by atoms with Crippen LogP contribution in [0.3, 0.4) is 0 Å². The Labute approximate surface area is 168 Å². The summed E-state index contributed by atoms with van der Waals surface area (Å²) >= 11 is 0. The predicted octanol–water partition coefficient (Wildman–Crippen LogP) is 4.05. The summed E-state index contributed by atoms with van der Waals surface area (Å²) in [5.41, 5.74) is -0.581. The Morgan fingerprint density at radius 2 is 1.48 bits per heavy atom. The topological polar surface area (TPSA) is 66.5 Å². The lowest BCUT2D eigenvalue weighted by Gasteiger charge is -2.21. The average molecular weight is 428 g/mol. The minimum absolute atomic E-state index is 0.0365. The summed E-state index contributed by atoms with van der Waals surface area (Å²) in [7, 11) is -2.19. The number of nitrogens with one attached hydrogen (secondary N) is 1. The van der Waals surface area contributed by atoms with Gasteiger partial charge in [0.1, 0.15) is 0 Å². The molecule has 0 spiro atoms. The van der Waals surface area contributed by atoms with Crippen molar-refractivity contribution in [2.75, 3.05) is 7.05 Å². The number of alkyl halides is 3. The number of hydrogen-bond donors (Lipinski definition) is 1. The second kappa shape index (κ2) is 8.16. The smallest absolute Gasteiger partial charge is 0.337 e. The van der Waals surface area contributed by atoms with E-state index >= 15 is 0 Å². The molecule has 2 aromatic rings. The quantitative estimate of drug-likeness (QED) is 0.781. The first-order chi connectivity index (χ1) is 13.2. The number of sulfonamides is 1. The fourth-order valence-electron chi connectivity index (χ4n) is 2.60. The van der Waals surface area contributed by atoms with Crippen LogP contribution < -0.4 is 4.72 Å². The molecule has 0 atom stereocenters. The zero-order valence-corrected chi connectivity index (χ0v) is 17.4. The highest BCUT2D eigenvalue weighted by molar-refractivity contribution is 7.89. The van der Waals surface area contributed by atoms with Gasteiger partial charge in [0.2, 0.25) is 10.0 Å². The summed E-state index contributed by atoms with van der Waals surface area (Å²) in [6.07, 6.45) is -4.41. The van der Waals surface area contributed by atoms with E-state index in [-0.39, 0.29) is 22.9 Å². The fraction of sp³-hybridized carbons (Fsp3) is 0.350. The summed E-state index contributed by atoms with van der Waals surface area (Å²) in [4.78, 5) is 13.9. The van der Waals surface area contributed by atoms with Crippen molar-refractivity contribution in [2.24, 2.45) is 0 Å². The van der Waals surface area contributed by atoms with Crippen LogP contribution in [0.25, 0.3) is 0 Å². The second-order valence-corrected chi connectivity index (χ2v) is 9.42. The molecule has 0 radical (unpaired) electrons. The van der Waals surface area contributed by atoms with E-state index in [4.69, 9.17) is 0 Å². The molecule has 0 saturated heterocycles. The van der Waals surface area contributed by atoms with Crippen LogP contribution in [0.15, 0.2) is 53.4 Å². The van der Waals surface area contributed by atoms with Gasteiger partial charge in [-0.05, 0) is 62.7 Å². The van der Waals surface area contributed by atoms with Crippen LogP contribution in [-0.4, -0.2) is 31.8 Å². The zero-order valence-electron chi connectivity index (χ0n) is 16.5. The number of hydrogen-bond acceptors (Lipinski definition) is 3. The molecule has 0 aliphatic heterocycles. The SMILES string of the molecule is CN(Cc1ccc(C(F)(F)F)cc1)C(=O)c1ccc(S(=O)(=O)NC(C)(C)C)cc1. The van der Waals surface area contributed by atoms with Gasteiger partial charge in [0.25, 0.3) is 5.91 Å². The highest BCUT2D eigenvalue weighted by atomic mass is 32.2. The first-order valence-corrected chi connectivity index (χ1v) is 10.2. The maximum Gasteiger partial charge on any atom is 0.416 e. The molecule has 5 nitrogen and oxygen atoms in total. The average Bonchev–Trinajstić information content (AvgIpc) is 2.59. The summed E-state index contributed by atoms with van der Waals surface area (Å²) in [5, 5.41) is 0. The van der Waals surface area contributed by atoms with Gasteiger partial charge in [0, 0.05) is 24.7 Å². The van der Waals surface area contributed by atoms with Gasteiger partial charge in [-0.3, -0.25) is 4.79 Å². The molecule has 0 aromatic heterocycles. The Morgan fingerprint density at radius 3 is 1.93 bits per heavy atom. The van der Waals surface area contributed by atoms with Crippen molar-refractivity contribution in [3.05, 3.63) is 65.2 Å². The van der Waals surface area contributed by atoms with Crippen molar-refractivity contribution in [1.29, 1.82) is 0 Å². The number of rotatable bonds is 5. The van der Waals surface area contributed by atoms with E-state index in [2.05, 4.69) is 4.72 Å². The van der Waals surface area contributed by atoms with Crippen LogP contribution in [0.4, 0.5) is 13.2 Å². The van der Waals surface area contributed by atoms with Crippen molar-refractivity contribution >= 4 is 15.9 Å². The number of nitrogens with zero attached hydrogens (tertiary/aromatic N) is 1. The molecule has 1 amide bonds. The molecule has 9 heteroatoms. The Balaban J connectivity index is 2.10. The molecule has 0 aliphatic rings. The predicted molar refractivity (Wildman–Crippen MR) is 104 cm³/mol. The lowest BCUT2D eigenvalue weighted by molar-refractivity contribution is -0.137. The Morgan fingerprint density at radius 1 is 0.966 bits per heavy atom. The Hall–Kier alpha value is -2.39. The van der Waals surface area contributed by atoms with Crippen LogP contribution in [0.5, 0.6) is 0 Å². The maximum atomic E-state index is 12.6. The minimum atomic E-state index is -4.41. The molecule has 2 aromatic carbocycles. The summed E-state index contributed by atoms with van der Waals surface area (Å²) in [6, 6.07) is 10.1. The Kier molecular flexibility index (Phi) is 6.44. The number of amides is 1. The van der Waals surface area contributed by atoms with Crippen LogP contribution in [0.2, 0.25) is 0 Å². The second-order valence-electron chi connectivity index (χ2n) is 7.74. The molecule has 0 aliphatic carbocycles. The van der Waals surface area contributed by atoms with Gasteiger partial charge < -0.3 is 4.90 Å². The highest BCUT2D eigenvalue weighted by Crippen LogP contribution is 2.29. The normalized spacial score (nSPS) is 12.7. The molecule has 1 N–H and O–H groups in total. The molecule has 0 fully saturated rings. The van der Waals surface area contributed by atoms with Crippen molar-refractivity contribution in [2.45, 2.75) is 43.9 Å². The van der Waals surface area contributed by atoms with Gasteiger partial charge in [0.15, 0.2) is 0 Å². The van der Waals surface area contributed by atoms with Gasteiger partial charge in [-0.2, -0.15) is 13.2 Å². The fourth-order valence-corrected chi connectivity index (χ4v) is 4.02. The van der Waals surface area contributed by atoms with Gasteiger partial charge in [0.05, 0.1) is 10.5 Å². The lowest BCUT2D eigenvalue weighted by Crippen LogP contribution is -2.40. The van der Waals surface area contributed by atoms with E-state index in [1.54, 1.807) is 20.8 Å². The molecule has 29 heavy (non-hydrogen) atoms. The highest BCUT2D eigenvalue weighted by Gasteiger charge is 2.30. The molecule has 0 unspecified atom stereocenters. The largest absolute Gasteiger partial charge is 0.416 e. The molecule has 0 saturated carbocycles. The number of halogens is 3. The summed E-state index contributed by atoms with van der Waals surface area (Å²) in [5.74, 6) is -0.377. The van der Waals surface area contributed by atoms with Crippen molar-refractivity contribution in [3.8, 4) is 0 Å². The molecule has 0 bridgehead atoms. The standard InChI is InChI=1S/C20H23F3N2O3S/c1-19(2,3)24-29(27,28)17-11-7-15(8-12-17)18(26)25(4)13-14-5-9-16(10-6-14)20(21,22)23/h5-12,24H,13H2,1-4H3. The first kappa shape index (κ1) is 22.9. The number of benzene rings is 2. The van der Waals surface area contributed by atoms with Gasteiger partial charge in [-0.1, -0.05) is 12.1 Å². The lowest BCUT2D eigenvalue weighted by atomic mass is 10.1. The van der Waals surface area contributed by atoms with E-state index in [1.807, 2.05) is 0 Å². The number of carbonyl (C=O) groups excluding carboxylic acids is 1. The first-order valence-electron chi connectivity index (χ1n) is 8.75. The van der Waals surface area contributed by atoms with Crippen LogP contribution in [0.1, 0.15) is 42.3 Å². The van der Waals surface area contributed by atoms with E-state index in [9.17, 15) is 26.4 Å². The van der Waals surface area contributed by atoms with E-state index in [1.165, 1.54) is 48.3 Å². The van der Waals surface area contributed by atoms with E-state index < -0.39 is 27.3 Å². The molecule has 158 valence electrons. The third kappa shape index (κ3) is 6.30. The van der Waals surface area contributed by atoms with E-state index in [0.717, 1.165) is 12.1 Å². The molecular formula is C20H23F3N2O3S. The third-order valence-corrected chi connectivity index (χ3v) is 5.67. The number of carbonyl (C=O) groups is 1. The maximum absolute atomic E-state index is 12.6. The van der Waals surface area contributed by atoms with Crippen molar-refractivity contribution in [1.82, 2.24) is 9.62 Å². The summed E-state index contributed by atoms with van der Waals surface area (Å²) < 4.78 is 65.0. The molecule has 2 rings (SSSR count). The monoisotopic (exact) mass is 428 g/mol. The van der Waals surface area contributed by atoms with Crippen molar-refractivity contribution in [3.63, 3.8) is 0 Å². The minimum Gasteiger partial charge on any atom is -0.337 e. The molecular weight excluding hydrogens is 405 g/mol. The third-order valence-electron chi connectivity index (χ3n) is 3.90. The van der Waals surface area contributed by atoms with Crippen LogP contribution in [0, 0.1) is 0 Å². The van der Waals surface area contributed by atoms with Crippen LogP contribution in [-0.2, 0) is 22.7 Å². The zero-order chi connectivity index (χ0) is 22.0. The Bertz CT molecular complexity index is 962. The summed E-state index contributed by atoms with van der Waals surface area (Å²) in [6.45, 7) is 5.28. The molecule has 0 heterocycles.